The monoisotopic (exact) mass is 258 g/mol. The van der Waals surface area contributed by atoms with Gasteiger partial charge in [0, 0.05) is 19.0 Å². The molecule has 3 nitrogen and oxygen atoms in total. The predicted molar refractivity (Wildman–Crippen MR) is 80.5 cm³/mol. The van der Waals surface area contributed by atoms with Gasteiger partial charge in [0.15, 0.2) is 0 Å². The van der Waals surface area contributed by atoms with Gasteiger partial charge in [-0.05, 0) is 38.3 Å². The fourth-order valence-electron chi connectivity index (χ4n) is 2.44. The zero-order valence-corrected chi connectivity index (χ0v) is 11.6. The number of hydrogen-bond acceptors (Lipinski definition) is 2. The summed E-state index contributed by atoms with van der Waals surface area (Å²) in [5.41, 5.74) is 2.06. The van der Waals surface area contributed by atoms with Gasteiger partial charge in [-0.15, -0.1) is 6.58 Å². The number of hydrogen-bond donors (Lipinski definition) is 1. The number of nitrogens with zero attached hydrogens (tertiary/aromatic N) is 1. The maximum Gasteiger partial charge on any atom is 0.227 e. The minimum atomic E-state index is 0.230. The van der Waals surface area contributed by atoms with Crippen LogP contribution >= 0.6 is 0 Å². The van der Waals surface area contributed by atoms with Gasteiger partial charge < -0.3 is 10.2 Å². The van der Waals surface area contributed by atoms with Gasteiger partial charge in [0.1, 0.15) is 0 Å². The van der Waals surface area contributed by atoms with Gasteiger partial charge in [0.2, 0.25) is 5.91 Å². The number of nitrogens with one attached hydrogen (secondary N) is 1. The Hall–Kier alpha value is -1.77. The standard InChI is InChI=1S/C16H22N2O/c1-3-4-8-13(2)17-14-9-5-6-10-15(14)18-12-7-11-16(18)19/h3,5-6,9-10,13,17H,1,4,7-8,11-12H2,2H3. The van der Waals surface area contributed by atoms with Crippen molar-refractivity contribution in [3.8, 4) is 0 Å². The second kappa shape index (κ2) is 6.41. The molecule has 1 fully saturated rings. The Morgan fingerprint density at radius 3 is 2.95 bits per heavy atom. The molecule has 1 saturated heterocycles. The summed E-state index contributed by atoms with van der Waals surface area (Å²) in [7, 11) is 0. The van der Waals surface area contributed by atoms with E-state index < -0.39 is 0 Å². The summed E-state index contributed by atoms with van der Waals surface area (Å²) in [5.74, 6) is 0.230. The van der Waals surface area contributed by atoms with Crippen LogP contribution in [-0.2, 0) is 4.79 Å². The summed E-state index contributed by atoms with van der Waals surface area (Å²) in [6, 6.07) is 8.43. The molecule has 0 aliphatic carbocycles. The molecule has 1 atom stereocenters. The van der Waals surface area contributed by atoms with Gasteiger partial charge in [0.25, 0.3) is 0 Å². The lowest BCUT2D eigenvalue weighted by molar-refractivity contribution is -0.117. The van der Waals surface area contributed by atoms with E-state index in [-0.39, 0.29) is 5.91 Å². The first-order chi connectivity index (χ1) is 9.22. The molecule has 0 saturated carbocycles. The highest BCUT2D eigenvalue weighted by atomic mass is 16.2. The van der Waals surface area contributed by atoms with Crippen LogP contribution < -0.4 is 10.2 Å². The Bertz CT molecular complexity index is 456. The van der Waals surface area contributed by atoms with Crippen LogP contribution in [0.25, 0.3) is 0 Å². The molecule has 1 aromatic rings. The quantitative estimate of drug-likeness (QED) is 0.791. The van der Waals surface area contributed by atoms with E-state index in [1.165, 1.54) is 0 Å². The Kier molecular flexibility index (Phi) is 4.61. The van der Waals surface area contributed by atoms with E-state index in [2.05, 4.69) is 18.8 Å². The molecule has 1 amide bonds. The Labute approximate surface area is 115 Å². The van der Waals surface area contributed by atoms with Crippen molar-refractivity contribution in [1.29, 1.82) is 0 Å². The Morgan fingerprint density at radius 2 is 2.26 bits per heavy atom. The summed E-state index contributed by atoms with van der Waals surface area (Å²) in [6.07, 6.45) is 5.61. The molecule has 102 valence electrons. The first-order valence-corrected chi connectivity index (χ1v) is 6.99. The average Bonchev–Trinajstić information content (AvgIpc) is 2.83. The van der Waals surface area contributed by atoms with E-state index in [0.29, 0.717) is 12.5 Å². The molecule has 2 rings (SSSR count). The molecule has 1 N–H and O–H groups in total. The molecule has 0 bridgehead atoms. The maximum absolute atomic E-state index is 11.9. The van der Waals surface area contributed by atoms with Crippen molar-refractivity contribution >= 4 is 17.3 Å². The SMILES string of the molecule is C=CCCC(C)Nc1ccccc1N1CCCC1=O. The Morgan fingerprint density at radius 1 is 1.47 bits per heavy atom. The van der Waals surface area contributed by atoms with Crippen molar-refractivity contribution < 1.29 is 4.79 Å². The van der Waals surface area contributed by atoms with Gasteiger partial charge in [-0.25, -0.2) is 0 Å². The third-order valence-electron chi connectivity index (χ3n) is 3.47. The molecule has 3 heteroatoms. The summed E-state index contributed by atoms with van der Waals surface area (Å²) >= 11 is 0. The van der Waals surface area contributed by atoms with E-state index >= 15 is 0 Å². The topological polar surface area (TPSA) is 32.3 Å². The third-order valence-corrected chi connectivity index (χ3v) is 3.47. The van der Waals surface area contributed by atoms with Crippen LogP contribution in [0.3, 0.4) is 0 Å². The minimum Gasteiger partial charge on any atom is -0.381 e. The molecule has 0 spiro atoms. The van der Waals surface area contributed by atoms with Crippen LogP contribution in [0, 0.1) is 0 Å². The molecular formula is C16H22N2O. The van der Waals surface area contributed by atoms with E-state index in [1.54, 1.807) is 0 Å². The third kappa shape index (κ3) is 3.37. The van der Waals surface area contributed by atoms with E-state index in [1.807, 2.05) is 35.2 Å². The first-order valence-electron chi connectivity index (χ1n) is 6.99. The molecule has 1 aromatic carbocycles. The van der Waals surface area contributed by atoms with Crippen molar-refractivity contribution in [3.63, 3.8) is 0 Å². The normalized spacial score (nSPS) is 16.5. The number of carbonyl (C=O) groups is 1. The zero-order chi connectivity index (χ0) is 13.7. The summed E-state index contributed by atoms with van der Waals surface area (Å²) in [4.78, 5) is 13.8. The van der Waals surface area contributed by atoms with Gasteiger partial charge in [-0.3, -0.25) is 4.79 Å². The fourth-order valence-corrected chi connectivity index (χ4v) is 2.44. The van der Waals surface area contributed by atoms with Crippen LogP contribution in [0.2, 0.25) is 0 Å². The van der Waals surface area contributed by atoms with Crippen LogP contribution in [0.4, 0.5) is 11.4 Å². The fraction of sp³-hybridized carbons (Fsp3) is 0.438. The molecule has 1 heterocycles. The number of carbonyl (C=O) groups excluding carboxylic acids is 1. The largest absolute Gasteiger partial charge is 0.381 e. The molecule has 0 radical (unpaired) electrons. The Balaban J connectivity index is 2.12. The van der Waals surface area contributed by atoms with Gasteiger partial charge in [0.05, 0.1) is 11.4 Å². The number of allylic oxidation sites excluding steroid dienone is 1. The van der Waals surface area contributed by atoms with Crippen LogP contribution in [0.15, 0.2) is 36.9 Å². The number of para-hydroxylation sites is 2. The van der Waals surface area contributed by atoms with E-state index in [0.717, 1.165) is 37.2 Å². The van der Waals surface area contributed by atoms with E-state index in [9.17, 15) is 4.79 Å². The lowest BCUT2D eigenvalue weighted by atomic mass is 10.1. The summed E-state index contributed by atoms with van der Waals surface area (Å²) < 4.78 is 0. The number of benzene rings is 1. The van der Waals surface area contributed by atoms with Crippen LogP contribution in [-0.4, -0.2) is 18.5 Å². The van der Waals surface area contributed by atoms with E-state index in [4.69, 9.17) is 0 Å². The van der Waals surface area contributed by atoms with Gasteiger partial charge >= 0.3 is 0 Å². The van der Waals surface area contributed by atoms with Gasteiger partial charge in [-0.2, -0.15) is 0 Å². The van der Waals surface area contributed by atoms with Crippen LogP contribution in [0.1, 0.15) is 32.6 Å². The van der Waals surface area contributed by atoms with Crippen molar-refractivity contribution in [3.05, 3.63) is 36.9 Å². The van der Waals surface area contributed by atoms with Crippen molar-refractivity contribution in [2.24, 2.45) is 0 Å². The zero-order valence-electron chi connectivity index (χ0n) is 11.6. The molecular weight excluding hydrogens is 236 g/mol. The highest BCUT2D eigenvalue weighted by Crippen LogP contribution is 2.30. The molecule has 1 unspecified atom stereocenters. The molecule has 1 aliphatic heterocycles. The van der Waals surface area contributed by atoms with Crippen molar-refractivity contribution in [2.75, 3.05) is 16.8 Å². The smallest absolute Gasteiger partial charge is 0.227 e. The van der Waals surface area contributed by atoms with Crippen LogP contribution in [0.5, 0.6) is 0 Å². The number of rotatable bonds is 6. The molecule has 0 aromatic heterocycles. The predicted octanol–water partition coefficient (Wildman–Crippen LogP) is 3.58. The second-order valence-electron chi connectivity index (χ2n) is 5.08. The molecule has 1 aliphatic rings. The first kappa shape index (κ1) is 13.7. The van der Waals surface area contributed by atoms with Crippen molar-refractivity contribution in [1.82, 2.24) is 0 Å². The highest BCUT2D eigenvalue weighted by molar-refractivity contribution is 5.98. The molecule has 19 heavy (non-hydrogen) atoms. The number of anilines is 2. The minimum absolute atomic E-state index is 0.230. The lowest BCUT2D eigenvalue weighted by Crippen LogP contribution is -2.26. The second-order valence-corrected chi connectivity index (χ2v) is 5.08. The van der Waals surface area contributed by atoms with Crippen molar-refractivity contribution in [2.45, 2.75) is 38.6 Å². The average molecular weight is 258 g/mol. The lowest BCUT2D eigenvalue weighted by Gasteiger charge is -2.23. The number of amides is 1. The van der Waals surface area contributed by atoms with Gasteiger partial charge in [-0.1, -0.05) is 18.2 Å². The summed E-state index contributed by atoms with van der Waals surface area (Å²) in [5, 5.41) is 3.50. The summed E-state index contributed by atoms with van der Waals surface area (Å²) in [6.45, 7) is 6.74. The maximum atomic E-state index is 11.9. The highest BCUT2D eigenvalue weighted by Gasteiger charge is 2.23.